The van der Waals surface area contributed by atoms with Gasteiger partial charge in [0.2, 0.25) is 0 Å². The molecule has 0 rings (SSSR count). The van der Waals surface area contributed by atoms with Gasteiger partial charge in [0.1, 0.15) is 0 Å². The van der Waals surface area contributed by atoms with Crippen molar-refractivity contribution in [3.05, 3.63) is 0 Å². The number of carboxylic acids is 1. The number of hydrogen-bond acceptors (Lipinski definition) is 7. The van der Waals surface area contributed by atoms with Gasteiger partial charge in [-0.25, -0.2) is 0 Å². The first-order chi connectivity index (χ1) is 7.43. The summed E-state index contributed by atoms with van der Waals surface area (Å²) in [5.74, 6) is -0.634. The Bertz CT molecular complexity index is 269. The van der Waals surface area contributed by atoms with Gasteiger partial charge in [0, 0.05) is 6.04 Å². The third kappa shape index (κ3) is 37.1. The molecule has 20 heavy (non-hydrogen) atoms. The van der Waals surface area contributed by atoms with Gasteiger partial charge in [0.15, 0.2) is 0 Å². The van der Waals surface area contributed by atoms with Gasteiger partial charge in [-0.05, 0) is 12.3 Å². The summed E-state index contributed by atoms with van der Waals surface area (Å²) in [6.07, 6.45) is -0.549. The van der Waals surface area contributed by atoms with Crippen LogP contribution in [0.3, 0.4) is 0 Å². The van der Waals surface area contributed by atoms with Crippen LogP contribution in [0.25, 0.3) is 0 Å². The van der Waals surface area contributed by atoms with Crippen molar-refractivity contribution in [2.24, 2.45) is 11.7 Å². The topological polar surface area (TPSA) is 170 Å². The molecule has 0 aliphatic heterocycles. The van der Waals surface area contributed by atoms with Crippen LogP contribution >= 0.6 is 7.82 Å². The number of aliphatic carboxylic acids is 1. The molecule has 8 nitrogen and oxygen atoms in total. The summed E-state index contributed by atoms with van der Waals surface area (Å²) in [7, 11) is -5.39. The van der Waals surface area contributed by atoms with Gasteiger partial charge in [0.05, 0.1) is 12.5 Å². The molecule has 0 aliphatic rings. The van der Waals surface area contributed by atoms with Crippen molar-refractivity contribution in [3.8, 4) is 0 Å². The van der Waals surface area contributed by atoms with Crippen molar-refractivity contribution in [2.45, 2.75) is 38.8 Å². The number of carbonyl (C=O) groups is 1. The third-order valence-electron chi connectivity index (χ3n) is 1.62. The molecule has 0 bridgehead atoms. The molecular formula is C8H17NNa3O7P. The van der Waals surface area contributed by atoms with Crippen molar-refractivity contribution >= 4 is 13.8 Å². The summed E-state index contributed by atoms with van der Waals surface area (Å²) in [6.45, 7) is 3.96. The molecule has 0 unspecified atom stereocenters. The number of carboxylic acid groups (broad SMARTS) is 1. The van der Waals surface area contributed by atoms with E-state index in [-0.39, 0.29) is 95.1 Å². The second kappa shape index (κ2) is 17.8. The van der Waals surface area contributed by atoms with Crippen LogP contribution in [0.2, 0.25) is 0 Å². The fourth-order valence-electron chi connectivity index (χ4n) is 1.03. The first-order valence-electron chi connectivity index (χ1n) is 4.82. The average Bonchev–Trinajstić information content (AvgIpc) is 1.97. The normalized spacial score (nSPS) is 12.6. The number of rotatable bonds is 5. The minimum absolute atomic E-state index is 0. The third-order valence-corrected chi connectivity index (χ3v) is 1.62. The van der Waals surface area contributed by atoms with E-state index in [1.807, 2.05) is 13.8 Å². The van der Waals surface area contributed by atoms with Gasteiger partial charge in [0.25, 0.3) is 0 Å². The van der Waals surface area contributed by atoms with Crippen molar-refractivity contribution in [3.63, 3.8) is 0 Å². The molecule has 4 N–H and O–H groups in total. The summed E-state index contributed by atoms with van der Waals surface area (Å²) in [6, 6.07) is -0.430. The van der Waals surface area contributed by atoms with E-state index in [1.54, 1.807) is 0 Å². The molecule has 0 radical (unpaired) electrons. The summed E-state index contributed by atoms with van der Waals surface area (Å²) in [4.78, 5) is 35.8. The molecule has 2 atom stereocenters. The molecule has 0 aromatic heterocycles. The minimum Gasteiger partial charge on any atom is -0.822 e. The van der Waals surface area contributed by atoms with Crippen LogP contribution in [0.5, 0.6) is 0 Å². The monoisotopic (exact) mass is 339 g/mol. The summed E-state index contributed by atoms with van der Waals surface area (Å²) in [5, 5.41) is 17.6. The van der Waals surface area contributed by atoms with Gasteiger partial charge < -0.3 is 35.2 Å². The van der Waals surface area contributed by atoms with Crippen molar-refractivity contribution < 1.29 is 123 Å². The van der Waals surface area contributed by atoms with E-state index in [2.05, 4.69) is 0 Å². The molecule has 0 amide bonds. The smallest absolute Gasteiger partial charge is 0.822 e. The van der Waals surface area contributed by atoms with Crippen LogP contribution in [0.1, 0.15) is 26.7 Å². The van der Waals surface area contributed by atoms with Gasteiger partial charge in [-0.15, -0.1) is 0 Å². The van der Waals surface area contributed by atoms with Crippen LogP contribution < -0.4 is 109 Å². The average molecular weight is 339 g/mol. The first kappa shape index (κ1) is 34.0. The maximum atomic E-state index is 10.2. The van der Waals surface area contributed by atoms with E-state index in [1.165, 1.54) is 0 Å². The summed E-state index contributed by atoms with van der Waals surface area (Å²) < 4.78 is 8.55. The maximum Gasteiger partial charge on any atom is 1.00 e. The molecule has 0 aliphatic carbocycles. The van der Waals surface area contributed by atoms with Crippen molar-refractivity contribution in [1.82, 2.24) is 0 Å². The quantitative estimate of drug-likeness (QED) is 0.327. The van der Waals surface area contributed by atoms with E-state index >= 15 is 0 Å². The molecule has 12 heteroatoms. The number of phosphoric acid groups is 1. The Labute approximate surface area is 185 Å². The van der Waals surface area contributed by atoms with E-state index < -0.39 is 25.9 Å². The fraction of sp³-hybridized carbons (Fsp3) is 0.875. The zero-order valence-corrected chi connectivity index (χ0v) is 19.5. The second-order valence-electron chi connectivity index (χ2n) is 3.91. The predicted octanol–water partition coefficient (Wildman–Crippen LogP) is -11.6. The van der Waals surface area contributed by atoms with E-state index in [9.17, 15) is 9.90 Å². The van der Waals surface area contributed by atoms with E-state index in [4.69, 9.17) is 30.1 Å². The molecule has 0 aromatic carbocycles. The van der Waals surface area contributed by atoms with Gasteiger partial charge in [-0.2, -0.15) is 7.82 Å². The Morgan fingerprint density at radius 2 is 1.50 bits per heavy atom. The zero-order chi connectivity index (χ0) is 14.2. The second-order valence-corrected chi connectivity index (χ2v) is 4.80. The molecular weight excluding hydrogens is 322 g/mol. The number of nitrogens with two attached hydrogens (primary N) is 1. The predicted molar refractivity (Wildman–Crippen MR) is 53.3 cm³/mol. The Morgan fingerprint density at radius 3 is 1.70 bits per heavy atom. The molecule has 0 fully saturated rings. The van der Waals surface area contributed by atoms with Gasteiger partial charge in [-0.3, -0.25) is 4.79 Å². The zero-order valence-electron chi connectivity index (χ0n) is 12.6. The Kier molecular flexibility index (Phi) is 30.3. The Morgan fingerprint density at radius 1 is 1.20 bits per heavy atom. The van der Waals surface area contributed by atoms with Crippen LogP contribution in [0, 0.1) is 5.92 Å². The molecule has 0 spiro atoms. The van der Waals surface area contributed by atoms with Crippen LogP contribution in [0.4, 0.5) is 0 Å². The Balaban J connectivity index is -0.0000000821. The first-order valence-corrected chi connectivity index (χ1v) is 6.28. The maximum absolute atomic E-state index is 10.2. The molecule has 0 saturated heterocycles. The van der Waals surface area contributed by atoms with E-state index in [0.717, 1.165) is 0 Å². The van der Waals surface area contributed by atoms with E-state index in [0.29, 0.717) is 12.3 Å². The van der Waals surface area contributed by atoms with Gasteiger partial charge in [-0.1, -0.05) is 13.8 Å². The molecule has 0 saturated carbocycles. The minimum atomic E-state index is -5.39. The number of aliphatic hydroxyl groups is 1. The van der Waals surface area contributed by atoms with Crippen LogP contribution in [-0.4, -0.2) is 28.3 Å². The molecule has 104 valence electrons. The standard InChI is InChI=1S/C8H17NO3.3Na.H3O4P/c1-5(2)3-6(9)7(10)4-8(11)12;;;;1-5(2,3)4/h5-7,10H,3-4,9H2,1-2H3,(H,11,12);;;;(H3,1,2,3,4)/q;3*+1;/p-3/t6-,7-;;;;/m0..../s1. The van der Waals surface area contributed by atoms with Crippen molar-refractivity contribution in [1.29, 1.82) is 0 Å². The summed E-state index contributed by atoms with van der Waals surface area (Å²) in [5.41, 5.74) is 5.55. The van der Waals surface area contributed by atoms with Gasteiger partial charge >= 0.3 is 94.6 Å². The molecule has 0 aromatic rings. The Hall–Kier alpha value is 2.50. The molecule has 0 heterocycles. The van der Waals surface area contributed by atoms with Crippen LogP contribution in [-0.2, 0) is 9.36 Å². The fourth-order valence-corrected chi connectivity index (χ4v) is 1.03. The summed E-state index contributed by atoms with van der Waals surface area (Å²) >= 11 is 0. The van der Waals surface area contributed by atoms with Crippen molar-refractivity contribution in [2.75, 3.05) is 0 Å². The van der Waals surface area contributed by atoms with Crippen LogP contribution in [0.15, 0.2) is 0 Å². The number of aliphatic hydroxyl groups excluding tert-OH is 1. The number of hydrogen-bond donors (Lipinski definition) is 3. The SMILES string of the molecule is CC(C)C[C@H](N)[C@@H](O)CC(=O)O.O=P([O-])([O-])[O-].[Na+].[Na+].[Na+]. The largest absolute Gasteiger partial charge is 1.00 e.